The van der Waals surface area contributed by atoms with Crippen LogP contribution in [0.3, 0.4) is 0 Å². The highest BCUT2D eigenvalue weighted by Gasteiger charge is 2.32. The average molecular weight is 331 g/mol. The van der Waals surface area contributed by atoms with Crippen LogP contribution in [0.4, 0.5) is 4.39 Å². The van der Waals surface area contributed by atoms with E-state index < -0.39 is 11.7 Å². The number of fused-ring (bicyclic) bond motifs is 1. The summed E-state index contributed by atoms with van der Waals surface area (Å²) in [4.78, 5) is 19.2. The van der Waals surface area contributed by atoms with Gasteiger partial charge in [0, 0.05) is 11.8 Å². The Labute approximate surface area is 139 Å². The first-order valence-corrected chi connectivity index (χ1v) is 8.07. The van der Waals surface area contributed by atoms with Gasteiger partial charge >= 0.3 is 0 Å². The summed E-state index contributed by atoms with van der Waals surface area (Å²) in [5, 5.41) is 3.38. The number of halogens is 1. The summed E-state index contributed by atoms with van der Waals surface area (Å²) < 4.78 is 13.7. The largest absolute Gasteiger partial charge is 0.404 e. The van der Waals surface area contributed by atoms with Crippen molar-refractivity contribution in [2.75, 3.05) is 13.1 Å². The topological polar surface area (TPSA) is 110 Å². The van der Waals surface area contributed by atoms with Gasteiger partial charge in [0.15, 0.2) is 0 Å². The van der Waals surface area contributed by atoms with Crippen molar-refractivity contribution in [3.8, 4) is 0 Å². The Morgan fingerprint density at radius 2 is 2.17 bits per heavy atom. The van der Waals surface area contributed by atoms with Gasteiger partial charge in [-0.25, -0.2) is 9.37 Å². The van der Waals surface area contributed by atoms with Crippen molar-refractivity contribution in [2.24, 2.45) is 16.9 Å². The highest BCUT2D eigenvalue weighted by molar-refractivity contribution is 6.04. The van der Waals surface area contributed by atoms with Gasteiger partial charge in [0.25, 0.3) is 5.91 Å². The van der Waals surface area contributed by atoms with E-state index in [0.717, 1.165) is 44.0 Å². The number of rotatable bonds is 3. The van der Waals surface area contributed by atoms with Gasteiger partial charge in [-0.2, -0.15) is 0 Å². The maximum Gasteiger partial charge on any atom is 0.251 e. The number of hydrogen-bond donors (Lipinski definition) is 4. The van der Waals surface area contributed by atoms with Crippen molar-refractivity contribution in [1.82, 2.24) is 15.3 Å². The van der Waals surface area contributed by atoms with Crippen LogP contribution in [-0.2, 0) is 0 Å². The number of aromatic nitrogens is 2. The molecule has 1 atom stereocenters. The molecule has 2 heterocycles. The van der Waals surface area contributed by atoms with Crippen LogP contribution in [0.1, 0.15) is 42.4 Å². The molecule has 1 amide bonds. The zero-order valence-corrected chi connectivity index (χ0v) is 13.7. The van der Waals surface area contributed by atoms with E-state index in [2.05, 4.69) is 22.2 Å². The zero-order chi connectivity index (χ0) is 17.3. The molecule has 128 valence electrons. The first-order valence-electron chi connectivity index (χ1n) is 8.07. The van der Waals surface area contributed by atoms with E-state index in [-0.39, 0.29) is 11.0 Å². The molecule has 1 fully saturated rings. The van der Waals surface area contributed by atoms with Crippen molar-refractivity contribution in [3.05, 3.63) is 35.5 Å². The third-order valence-corrected chi connectivity index (χ3v) is 4.82. The van der Waals surface area contributed by atoms with Gasteiger partial charge in [0.1, 0.15) is 17.2 Å². The van der Waals surface area contributed by atoms with E-state index in [1.165, 1.54) is 6.07 Å². The number of nitrogens with zero attached hydrogens (tertiary/aromatic N) is 1. The van der Waals surface area contributed by atoms with E-state index in [1.54, 1.807) is 6.20 Å². The van der Waals surface area contributed by atoms with E-state index >= 15 is 0 Å². The van der Waals surface area contributed by atoms with Gasteiger partial charge in [-0.15, -0.1) is 0 Å². The number of benzene rings is 1. The Balaban J connectivity index is 2.10. The van der Waals surface area contributed by atoms with Crippen LogP contribution in [0.5, 0.6) is 0 Å². The number of amides is 1. The minimum atomic E-state index is -0.708. The number of H-pyrrole nitrogens is 1. The number of primary amides is 1. The molecule has 0 bridgehead atoms. The molecule has 0 aliphatic carbocycles. The summed E-state index contributed by atoms with van der Waals surface area (Å²) in [6.45, 7) is 4.03. The number of imidazole rings is 1. The minimum Gasteiger partial charge on any atom is -0.404 e. The van der Waals surface area contributed by atoms with Crippen molar-refractivity contribution >= 4 is 22.5 Å². The van der Waals surface area contributed by atoms with Crippen molar-refractivity contribution < 1.29 is 9.18 Å². The number of nitrogens with two attached hydrogens (primary N) is 2. The lowest BCUT2D eigenvalue weighted by atomic mass is 9.76. The fourth-order valence-corrected chi connectivity index (χ4v) is 3.45. The molecule has 6 nitrogen and oxygen atoms in total. The van der Waals surface area contributed by atoms with Crippen LogP contribution < -0.4 is 16.8 Å². The van der Waals surface area contributed by atoms with E-state index in [0.29, 0.717) is 16.9 Å². The fourth-order valence-electron chi connectivity index (χ4n) is 3.45. The Kier molecular flexibility index (Phi) is 4.28. The van der Waals surface area contributed by atoms with Gasteiger partial charge in [-0.05, 0) is 49.9 Å². The Hall–Kier alpha value is -2.41. The number of hydrogen-bond acceptors (Lipinski definition) is 4. The van der Waals surface area contributed by atoms with Crippen LogP contribution >= 0.6 is 0 Å². The molecule has 1 aromatic heterocycles. The molecular formula is C17H22FN5O. The van der Waals surface area contributed by atoms with E-state index in [1.807, 2.05) is 0 Å². The van der Waals surface area contributed by atoms with E-state index in [4.69, 9.17) is 11.5 Å². The van der Waals surface area contributed by atoms with Gasteiger partial charge in [-0.3, -0.25) is 4.79 Å². The summed E-state index contributed by atoms with van der Waals surface area (Å²) in [5.41, 5.74) is 12.9. The predicted octanol–water partition coefficient (Wildman–Crippen LogP) is 1.88. The standard InChI is InChI=1S/C17H22FN5O/c1-17(3-2-5-21-6-4-17)12(9-19)16-22-13-8-10(18)7-11(15(20)24)14(13)23-16/h7-9,21H,2-6,19H2,1H3,(H2,20,24)(H,22,23). The molecule has 0 saturated carbocycles. The fraction of sp³-hybridized carbons (Fsp3) is 0.412. The van der Waals surface area contributed by atoms with Crippen molar-refractivity contribution in [1.29, 1.82) is 0 Å². The summed E-state index contributed by atoms with van der Waals surface area (Å²) in [5.74, 6) is -0.680. The quantitative estimate of drug-likeness (QED) is 0.688. The lowest BCUT2D eigenvalue weighted by molar-refractivity contribution is 0.100. The summed E-state index contributed by atoms with van der Waals surface area (Å²) in [6.07, 6.45) is 4.49. The highest BCUT2D eigenvalue weighted by Crippen LogP contribution is 2.41. The highest BCUT2D eigenvalue weighted by atomic mass is 19.1. The summed E-state index contributed by atoms with van der Waals surface area (Å²) in [6, 6.07) is 2.42. The average Bonchev–Trinajstić information content (AvgIpc) is 2.80. The molecule has 24 heavy (non-hydrogen) atoms. The van der Waals surface area contributed by atoms with E-state index in [9.17, 15) is 9.18 Å². The monoisotopic (exact) mass is 331 g/mol. The molecule has 1 aliphatic rings. The van der Waals surface area contributed by atoms with Crippen LogP contribution in [0.25, 0.3) is 16.6 Å². The molecule has 1 saturated heterocycles. The number of carbonyl (C=O) groups is 1. The summed E-state index contributed by atoms with van der Waals surface area (Å²) >= 11 is 0. The third kappa shape index (κ3) is 2.87. The molecule has 1 aliphatic heterocycles. The number of carbonyl (C=O) groups excluding carboxylic acids is 1. The van der Waals surface area contributed by atoms with Crippen molar-refractivity contribution in [3.63, 3.8) is 0 Å². The molecule has 7 heteroatoms. The van der Waals surface area contributed by atoms with Crippen LogP contribution in [-0.4, -0.2) is 29.0 Å². The maximum absolute atomic E-state index is 13.7. The number of aromatic amines is 1. The smallest absolute Gasteiger partial charge is 0.251 e. The molecule has 1 aromatic carbocycles. The Morgan fingerprint density at radius 3 is 2.88 bits per heavy atom. The second-order valence-electron chi connectivity index (χ2n) is 6.54. The molecule has 6 N–H and O–H groups in total. The minimum absolute atomic E-state index is 0.0663. The van der Waals surface area contributed by atoms with Crippen LogP contribution in [0.2, 0.25) is 0 Å². The van der Waals surface area contributed by atoms with Crippen LogP contribution in [0, 0.1) is 11.2 Å². The first kappa shape index (κ1) is 16.4. The molecule has 3 rings (SSSR count). The lowest BCUT2D eigenvalue weighted by Gasteiger charge is -2.29. The van der Waals surface area contributed by atoms with Crippen LogP contribution in [0.15, 0.2) is 18.3 Å². The second-order valence-corrected chi connectivity index (χ2v) is 6.54. The molecule has 2 aromatic rings. The van der Waals surface area contributed by atoms with Gasteiger partial charge < -0.3 is 21.8 Å². The SMILES string of the molecule is CC1(C(=CN)c2nc3c(C(N)=O)cc(F)cc3[nH]2)CCCNCC1. The van der Waals surface area contributed by atoms with Gasteiger partial charge in [0.05, 0.1) is 11.1 Å². The zero-order valence-electron chi connectivity index (χ0n) is 13.7. The van der Waals surface area contributed by atoms with Gasteiger partial charge in [-0.1, -0.05) is 6.92 Å². The normalized spacial score (nSPS) is 22.5. The predicted molar refractivity (Wildman–Crippen MR) is 91.6 cm³/mol. The van der Waals surface area contributed by atoms with Gasteiger partial charge in [0.2, 0.25) is 0 Å². The number of nitrogens with one attached hydrogen (secondary N) is 2. The lowest BCUT2D eigenvalue weighted by Crippen LogP contribution is -2.22. The molecule has 0 radical (unpaired) electrons. The first-order chi connectivity index (χ1) is 11.4. The summed E-state index contributed by atoms with van der Waals surface area (Å²) in [7, 11) is 0. The second kappa shape index (κ2) is 6.24. The third-order valence-electron chi connectivity index (χ3n) is 4.82. The molecule has 1 unspecified atom stereocenters. The molecular weight excluding hydrogens is 309 g/mol. The number of allylic oxidation sites excluding steroid dienone is 1. The molecule has 0 spiro atoms. The van der Waals surface area contributed by atoms with Crippen molar-refractivity contribution in [2.45, 2.75) is 26.2 Å². The maximum atomic E-state index is 13.7. The Bertz CT molecular complexity index is 803. The Morgan fingerprint density at radius 1 is 1.38 bits per heavy atom.